The maximum Gasteiger partial charge on any atom is 0.263 e. The minimum absolute atomic E-state index is 0.0437. The van der Waals surface area contributed by atoms with E-state index in [9.17, 15) is 14.4 Å². The highest BCUT2D eigenvalue weighted by Crippen LogP contribution is 2.33. The Hall–Kier alpha value is -3.99. The van der Waals surface area contributed by atoms with Crippen molar-refractivity contribution in [2.75, 3.05) is 18.0 Å². The van der Waals surface area contributed by atoms with Gasteiger partial charge in [0.15, 0.2) is 0 Å². The normalized spacial score (nSPS) is 14.4. The average molecular weight is 471 g/mol. The van der Waals surface area contributed by atoms with Crippen LogP contribution in [0, 0.1) is 23.1 Å². The van der Waals surface area contributed by atoms with E-state index in [1.54, 1.807) is 28.6 Å². The summed E-state index contributed by atoms with van der Waals surface area (Å²) >= 11 is 0. The Labute approximate surface area is 203 Å². The van der Waals surface area contributed by atoms with Gasteiger partial charge in [-0.2, -0.15) is 10.4 Å². The number of halogens is 1. The smallest absolute Gasteiger partial charge is 0.263 e. The summed E-state index contributed by atoms with van der Waals surface area (Å²) in [4.78, 5) is 20.9. The molecule has 0 amide bonds. The van der Waals surface area contributed by atoms with Gasteiger partial charge < -0.3 is 4.90 Å². The van der Waals surface area contributed by atoms with E-state index >= 15 is 0 Å². The second kappa shape index (κ2) is 8.99. The van der Waals surface area contributed by atoms with Crippen LogP contribution in [0.3, 0.4) is 0 Å². The Morgan fingerprint density at radius 2 is 1.86 bits per heavy atom. The van der Waals surface area contributed by atoms with Gasteiger partial charge >= 0.3 is 0 Å². The molecule has 1 saturated heterocycles. The molecule has 0 aliphatic carbocycles. The molecule has 0 unspecified atom stereocenters. The summed E-state index contributed by atoms with van der Waals surface area (Å²) in [5.74, 6) is 0.628. The van der Waals surface area contributed by atoms with E-state index in [0.29, 0.717) is 34.3 Å². The van der Waals surface area contributed by atoms with Crippen LogP contribution in [0.15, 0.2) is 47.4 Å². The third-order valence-corrected chi connectivity index (χ3v) is 7.14. The van der Waals surface area contributed by atoms with Crippen molar-refractivity contribution in [3.63, 3.8) is 0 Å². The van der Waals surface area contributed by atoms with Crippen LogP contribution < -0.4 is 10.5 Å². The molecule has 8 heteroatoms. The maximum atomic E-state index is 14.6. The summed E-state index contributed by atoms with van der Waals surface area (Å²) in [6, 6.07) is 11.9. The number of hydrogen-bond acceptors (Lipinski definition) is 5. The number of fused-ring (bicyclic) bond motifs is 1. The molecular weight excluding hydrogens is 443 g/mol. The van der Waals surface area contributed by atoms with Gasteiger partial charge in [-0.1, -0.05) is 25.5 Å². The SMILES string of the molecule is CCC1CCN(c2nc(-c3ccc(C#N)c(F)c3)c(-c3ccc4c(cnn4C)c3)c(=O)n2C)CC1. The lowest BCUT2D eigenvalue weighted by molar-refractivity contribution is 0.390. The Kier molecular flexibility index (Phi) is 5.85. The molecule has 5 rings (SSSR count). The zero-order chi connectivity index (χ0) is 24.7. The molecule has 7 nitrogen and oxygen atoms in total. The highest BCUT2D eigenvalue weighted by atomic mass is 19.1. The molecule has 0 N–H and O–H groups in total. The number of aromatic nitrogens is 4. The van der Waals surface area contributed by atoms with Crippen molar-refractivity contribution >= 4 is 16.9 Å². The number of anilines is 1. The van der Waals surface area contributed by atoms with Gasteiger partial charge in [0.1, 0.15) is 11.9 Å². The van der Waals surface area contributed by atoms with Gasteiger partial charge in [-0.15, -0.1) is 0 Å². The summed E-state index contributed by atoms with van der Waals surface area (Å²) in [5.41, 5.74) is 2.66. The third-order valence-electron chi connectivity index (χ3n) is 7.14. The van der Waals surface area contributed by atoms with Crippen LogP contribution >= 0.6 is 0 Å². The summed E-state index contributed by atoms with van der Waals surface area (Å²) in [5, 5.41) is 14.4. The highest BCUT2D eigenvalue weighted by molar-refractivity contribution is 5.88. The Morgan fingerprint density at radius 1 is 1.11 bits per heavy atom. The van der Waals surface area contributed by atoms with Crippen LogP contribution in [0.4, 0.5) is 10.3 Å². The lowest BCUT2D eigenvalue weighted by Crippen LogP contribution is -2.38. The van der Waals surface area contributed by atoms with Crippen molar-refractivity contribution in [2.24, 2.45) is 20.0 Å². The molecule has 1 aliphatic heterocycles. The van der Waals surface area contributed by atoms with Crippen molar-refractivity contribution in [1.82, 2.24) is 19.3 Å². The molecule has 0 atom stereocenters. The number of nitriles is 1. The van der Waals surface area contributed by atoms with Gasteiger partial charge in [-0.25, -0.2) is 9.37 Å². The molecule has 0 spiro atoms. The summed E-state index contributed by atoms with van der Waals surface area (Å²) < 4.78 is 18.0. The maximum absolute atomic E-state index is 14.6. The van der Waals surface area contributed by atoms with Crippen molar-refractivity contribution in [3.05, 3.63) is 64.3 Å². The molecule has 178 valence electrons. The van der Waals surface area contributed by atoms with Gasteiger partial charge in [-0.05, 0) is 48.6 Å². The molecule has 0 radical (unpaired) electrons. The molecule has 35 heavy (non-hydrogen) atoms. The fourth-order valence-electron chi connectivity index (χ4n) is 4.96. The monoisotopic (exact) mass is 470 g/mol. The molecule has 4 aromatic rings. The zero-order valence-electron chi connectivity index (χ0n) is 20.1. The third kappa shape index (κ3) is 3.97. The van der Waals surface area contributed by atoms with E-state index < -0.39 is 5.82 Å². The van der Waals surface area contributed by atoms with Crippen LogP contribution in [-0.4, -0.2) is 32.4 Å². The number of nitrogens with zero attached hydrogens (tertiary/aromatic N) is 6. The lowest BCUT2D eigenvalue weighted by Gasteiger charge is -2.33. The van der Waals surface area contributed by atoms with E-state index in [2.05, 4.69) is 16.9 Å². The molecule has 0 bridgehead atoms. The number of piperidine rings is 1. The average Bonchev–Trinajstić information content (AvgIpc) is 3.25. The first-order valence-electron chi connectivity index (χ1n) is 11.9. The topological polar surface area (TPSA) is 79.7 Å². The van der Waals surface area contributed by atoms with E-state index in [1.165, 1.54) is 12.1 Å². The van der Waals surface area contributed by atoms with E-state index in [1.807, 2.05) is 31.3 Å². The minimum atomic E-state index is -0.633. The highest BCUT2D eigenvalue weighted by Gasteiger charge is 2.25. The largest absolute Gasteiger partial charge is 0.342 e. The molecule has 0 saturated carbocycles. The van der Waals surface area contributed by atoms with Gasteiger partial charge in [0.25, 0.3) is 5.56 Å². The fourth-order valence-corrected chi connectivity index (χ4v) is 4.96. The van der Waals surface area contributed by atoms with Crippen LogP contribution in [0.1, 0.15) is 31.7 Å². The lowest BCUT2D eigenvalue weighted by atomic mass is 9.94. The predicted octanol–water partition coefficient (Wildman–Crippen LogP) is 4.64. The summed E-state index contributed by atoms with van der Waals surface area (Å²) in [7, 11) is 3.61. The van der Waals surface area contributed by atoms with Crippen molar-refractivity contribution in [1.29, 1.82) is 5.26 Å². The number of hydrogen-bond donors (Lipinski definition) is 0. The van der Waals surface area contributed by atoms with Crippen LogP contribution in [0.5, 0.6) is 0 Å². The number of benzene rings is 2. The van der Waals surface area contributed by atoms with Gasteiger partial charge in [-0.3, -0.25) is 14.0 Å². The fraction of sp³-hybridized carbons (Fsp3) is 0.333. The van der Waals surface area contributed by atoms with Crippen molar-refractivity contribution < 1.29 is 4.39 Å². The van der Waals surface area contributed by atoms with Gasteiger partial charge in [0.05, 0.1) is 28.5 Å². The Bertz CT molecular complexity index is 1520. The molecular formula is C27H27FN6O. The van der Waals surface area contributed by atoms with Crippen LogP contribution in [0.25, 0.3) is 33.3 Å². The van der Waals surface area contributed by atoms with Crippen molar-refractivity contribution in [3.8, 4) is 28.5 Å². The van der Waals surface area contributed by atoms with E-state index in [4.69, 9.17) is 4.98 Å². The minimum Gasteiger partial charge on any atom is -0.342 e. The molecule has 3 heterocycles. The Balaban J connectivity index is 1.72. The summed E-state index contributed by atoms with van der Waals surface area (Å²) in [6.07, 6.45) is 5.00. The van der Waals surface area contributed by atoms with E-state index in [0.717, 1.165) is 43.3 Å². The van der Waals surface area contributed by atoms with Crippen LogP contribution in [-0.2, 0) is 14.1 Å². The predicted molar refractivity (Wildman–Crippen MR) is 135 cm³/mol. The molecule has 1 aliphatic rings. The zero-order valence-corrected chi connectivity index (χ0v) is 20.1. The molecule has 1 fully saturated rings. The first kappa shape index (κ1) is 22.8. The summed E-state index contributed by atoms with van der Waals surface area (Å²) in [6.45, 7) is 3.85. The Morgan fingerprint density at radius 3 is 2.54 bits per heavy atom. The molecule has 2 aromatic carbocycles. The number of aryl methyl sites for hydroxylation is 1. The molecule has 2 aromatic heterocycles. The quantitative estimate of drug-likeness (QED) is 0.434. The standard InChI is InChI=1S/C27H27FN6O/c1-4-17-9-11-34(12-10-17)27-31-25(19-5-6-20(15-29)22(28)14-19)24(26(35)32(27)2)18-7-8-23-21(13-18)16-30-33(23)3/h5-8,13-14,16-17H,4,9-12H2,1-3H3. The van der Waals surface area contributed by atoms with Gasteiger partial charge in [0, 0.05) is 38.1 Å². The second-order valence-electron chi connectivity index (χ2n) is 9.19. The van der Waals surface area contributed by atoms with E-state index in [-0.39, 0.29) is 11.1 Å². The first-order chi connectivity index (χ1) is 16.9. The van der Waals surface area contributed by atoms with Crippen molar-refractivity contribution in [2.45, 2.75) is 26.2 Å². The number of rotatable bonds is 4. The second-order valence-corrected chi connectivity index (χ2v) is 9.19. The van der Waals surface area contributed by atoms with Gasteiger partial charge in [0.2, 0.25) is 5.95 Å². The first-order valence-corrected chi connectivity index (χ1v) is 11.9. The van der Waals surface area contributed by atoms with Crippen LogP contribution in [0.2, 0.25) is 0 Å².